The van der Waals surface area contributed by atoms with Crippen LogP contribution >= 0.6 is 0 Å². The first-order chi connectivity index (χ1) is 10.0. The van der Waals surface area contributed by atoms with Crippen molar-refractivity contribution in [1.82, 2.24) is 4.90 Å². The molecule has 6 heteroatoms. The number of carbonyl (C=O) groups excluding carboxylic acids is 1. The Balaban J connectivity index is 2.05. The Bertz CT molecular complexity index is 502. The average molecular weight is 293 g/mol. The summed E-state index contributed by atoms with van der Waals surface area (Å²) in [5.41, 5.74) is 0.846. The largest absolute Gasteiger partial charge is 0.480 e. The van der Waals surface area contributed by atoms with Crippen LogP contribution < -0.4 is 0 Å². The molecule has 0 radical (unpaired) electrons. The Labute approximate surface area is 123 Å². The van der Waals surface area contributed by atoms with E-state index in [1.54, 1.807) is 0 Å². The molecule has 1 aromatic carbocycles. The maximum absolute atomic E-state index is 12.2. The molecule has 1 heterocycles. The SMILES string of the molecule is CC(C)C1OC[C@@H](C(=O)O)N1C(=O)OCc1ccccc1. The predicted octanol–water partition coefficient (Wildman–Crippen LogP) is 2.09. The second-order valence-electron chi connectivity index (χ2n) is 5.27. The van der Waals surface area contributed by atoms with E-state index in [1.165, 1.54) is 4.90 Å². The molecule has 1 aliphatic rings. The molecule has 1 unspecified atom stereocenters. The molecule has 21 heavy (non-hydrogen) atoms. The van der Waals surface area contributed by atoms with Gasteiger partial charge >= 0.3 is 12.1 Å². The molecule has 1 aromatic rings. The minimum atomic E-state index is -1.09. The van der Waals surface area contributed by atoms with Gasteiger partial charge in [-0.25, -0.2) is 9.59 Å². The van der Waals surface area contributed by atoms with E-state index in [-0.39, 0.29) is 19.1 Å². The normalized spacial score (nSPS) is 21.6. The van der Waals surface area contributed by atoms with Crippen molar-refractivity contribution in [2.45, 2.75) is 32.7 Å². The van der Waals surface area contributed by atoms with Crippen LogP contribution in [0.1, 0.15) is 19.4 Å². The minimum absolute atomic E-state index is 0.0152. The van der Waals surface area contributed by atoms with Crippen LogP contribution in [-0.2, 0) is 20.9 Å². The molecule has 1 saturated heterocycles. The first-order valence-electron chi connectivity index (χ1n) is 6.84. The summed E-state index contributed by atoms with van der Waals surface area (Å²) in [6.07, 6.45) is -1.24. The van der Waals surface area contributed by atoms with E-state index in [0.717, 1.165) is 5.56 Å². The molecule has 1 fully saturated rings. The van der Waals surface area contributed by atoms with Crippen LogP contribution in [0.5, 0.6) is 0 Å². The van der Waals surface area contributed by atoms with Crippen molar-refractivity contribution in [1.29, 1.82) is 0 Å². The number of aliphatic carboxylic acids is 1. The summed E-state index contributed by atoms with van der Waals surface area (Å²) in [6.45, 7) is 3.82. The van der Waals surface area contributed by atoms with Gasteiger partial charge in [0, 0.05) is 0 Å². The number of nitrogens with zero attached hydrogens (tertiary/aromatic N) is 1. The Hall–Kier alpha value is -2.08. The number of benzene rings is 1. The molecule has 114 valence electrons. The number of amides is 1. The number of rotatable bonds is 4. The molecule has 6 nitrogen and oxygen atoms in total. The zero-order valence-corrected chi connectivity index (χ0v) is 12.1. The van der Waals surface area contributed by atoms with Gasteiger partial charge in [0.05, 0.1) is 6.61 Å². The lowest BCUT2D eigenvalue weighted by atomic mass is 10.1. The minimum Gasteiger partial charge on any atom is -0.480 e. The fraction of sp³-hybridized carbons (Fsp3) is 0.467. The lowest BCUT2D eigenvalue weighted by molar-refractivity contribution is -0.141. The summed E-state index contributed by atoms with van der Waals surface area (Å²) in [7, 11) is 0. The molecule has 1 amide bonds. The zero-order valence-electron chi connectivity index (χ0n) is 12.1. The van der Waals surface area contributed by atoms with Crippen LogP contribution in [0.3, 0.4) is 0 Å². The number of ether oxygens (including phenoxy) is 2. The lowest BCUT2D eigenvalue weighted by Crippen LogP contribution is -2.47. The van der Waals surface area contributed by atoms with Gasteiger partial charge in [-0.2, -0.15) is 0 Å². The van der Waals surface area contributed by atoms with Gasteiger partial charge in [-0.15, -0.1) is 0 Å². The molecular formula is C15H19NO5. The van der Waals surface area contributed by atoms with E-state index >= 15 is 0 Å². The van der Waals surface area contributed by atoms with Gasteiger partial charge in [-0.3, -0.25) is 4.90 Å². The smallest absolute Gasteiger partial charge is 0.413 e. The van der Waals surface area contributed by atoms with Crippen LogP contribution in [0.4, 0.5) is 4.79 Å². The quantitative estimate of drug-likeness (QED) is 0.920. The van der Waals surface area contributed by atoms with E-state index in [9.17, 15) is 14.7 Å². The Morgan fingerprint density at radius 3 is 2.62 bits per heavy atom. The standard InChI is InChI=1S/C15H19NO5/c1-10(2)13-16(12(9-20-13)14(17)18)15(19)21-8-11-6-4-3-5-7-11/h3-7,10,12-13H,8-9H2,1-2H3,(H,17,18)/t12-,13?/m0/s1. The van der Waals surface area contributed by atoms with Crippen molar-refractivity contribution in [2.75, 3.05) is 6.61 Å². The average Bonchev–Trinajstić information content (AvgIpc) is 2.91. The summed E-state index contributed by atoms with van der Waals surface area (Å²) in [4.78, 5) is 24.6. The lowest BCUT2D eigenvalue weighted by Gasteiger charge is -2.27. The maximum atomic E-state index is 12.2. The van der Waals surface area contributed by atoms with Crippen molar-refractivity contribution in [2.24, 2.45) is 5.92 Å². The summed E-state index contributed by atoms with van der Waals surface area (Å²) in [5.74, 6) is -1.10. The van der Waals surface area contributed by atoms with Crippen LogP contribution in [0.2, 0.25) is 0 Å². The van der Waals surface area contributed by atoms with Crippen molar-refractivity contribution < 1.29 is 24.2 Å². The third-order valence-corrected chi connectivity index (χ3v) is 3.31. The predicted molar refractivity (Wildman–Crippen MR) is 74.5 cm³/mol. The Morgan fingerprint density at radius 1 is 1.38 bits per heavy atom. The highest BCUT2D eigenvalue weighted by atomic mass is 16.6. The third kappa shape index (κ3) is 3.52. The second-order valence-corrected chi connectivity index (χ2v) is 5.27. The maximum Gasteiger partial charge on any atom is 0.413 e. The Morgan fingerprint density at radius 2 is 2.05 bits per heavy atom. The first kappa shape index (κ1) is 15.3. The van der Waals surface area contributed by atoms with Crippen molar-refractivity contribution in [3.8, 4) is 0 Å². The van der Waals surface area contributed by atoms with Crippen LogP contribution in [0, 0.1) is 5.92 Å². The van der Waals surface area contributed by atoms with Crippen LogP contribution in [0.25, 0.3) is 0 Å². The fourth-order valence-corrected chi connectivity index (χ4v) is 2.26. The molecule has 0 bridgehead atoms. The third-order valence-electron chi connectivity index (χ3n) is 3.31. The van der Waals surface area contributed by atoms with Gasteiger partial charge < -0.3 is 14.6 Å². The highest BCUT2D eigenvalue weighted by Crippen LogP contribution is 2.24. The molecule has 2 rings (SSSR count). The van der Waals surface area contributed by atoms with Crippen molar-refractivity contribution >= 4 is 12.1 Å². The zero-order chi connectivity index (χ0) is 15.4. The van der Waals surface area contributed by atoms with E-state index < -0.39 is 24.3 Å². The molecule has 0 saturated carbocycles. The van der Waals surface area contributed by atoms with Gasteiger partial charge in [-0.05, 0) is 11.5 Å². The number of carbonyl (C=O) groups is 2. The van der Waals surface area contributed by atoms with E-state index in [4.69, 9.17) is 9.47 Å². The van der Waals surface area contributed by atoms with Gasteiger partial charge in [0.25, 0.3) is 0 Å². The summed E-state index contributed by atoms with van der Waals surface area (Å²) in [6, 6.07) is 8.23. The molecule has 1 N–H and O–H groups in total. The fourth-order valence-electron chi connectivity index (χ4n) is 2.26. The number of carboxylic acid groups (broad SMARTS) is 1. The van der Waals surface area contributed by atoms with E-state index in [2.05, 4.69) is 0 Å². The van der Waals surface area contributed by atoms with Gasteiger partial charge in [0.15, 0.2) is 6.04 Å². The molecule has 2 atom stereocenters. The highest BCUT2D eigenvalue weighted by molar-refractivity contribution is 5.81. The number of carboxylic acids is 1. The van der Waals surface area contributed by atoms with E-state index in [1.807, 2.05) is 44.2 Å². The van der Waals surface area contributed by atoms with Crippen LogP contribution in [0.15, 0.2) is 30.3 Å². The van der Waals surface area contributed by atoms with Crippen LogP contribution in [-0.4, -0.2) is 40.9 Å². The molecule has 0 spiro atoms. The summed E-state index contributed by atoms with van der Waals surface area (Å²) < 4.78 is 10.6. The van der Waals surface area contributed by atoms with Crippen molar-refractivity contribution in [3.05, 3.63) is 35.9 Å². The number of hydrogen-bond acceptors (Lipinski definition) is 4. The molecule has 0 aromatic heterocycles. The highest BCUT2D eigenvalue weighted by Gasteiger charge is 2.44. The van der Waals surface area contributed by atoms with Gasteiger partial charge in [0.1, 0.15) is 12.8 Å². The number of hydrogen-bond donors (Lipinski definition) is 1. The topological polar surface area (TPSA) is 76.1 Å². The van der Waals surface area contributed by atoms with E-state index in [0.29, 0.717) is 0 Å². The Kier molecular flexibility index (Phi) is 4.80. The van der Waals surface area contributed by atoms with Crippen molar-refractivity contribution in [3.63, 3.8) is 0 Å². The first-order valence-corrected chi connectivity index (χ1v) is 6.84. The summed E-state index contributed by atoms with van der Waals surface area (Å²) in [5, 5.41) is 9.19. The van der Waals surface area contributed by atoms with Gasteiger partial charge in [0.2, 0.25) is 0 Å². The monoisotopic (exact) mass is 293 g/mol. The molecule has 0 aliphatic carbocycles. The summed E-state index contributed by atoms with van der Waals surface area (Å²) >= 11 is 0. The second kappa shape index (κ2) is 6.58. The molecule has 1 aliphatic heterocycles. The van der Waals surface area contributed by atoms with Gasteiger partial charge in [-0.1, -0.05) is 44.2 Å². The molecular weight excluding hydrogens is 274 g/mol.